The Morgan fingerprint density at radius 3 is 3.05 bits per heavy atom. The number of para-hydroxylation sites is 1. The van der Waals surface area contributed by atoms with Crippen LogP contribution in [0.25, 0.3) is 22.4 Å². The van der Waals surface area contributed by atoms with Crippen molar-refractivity contribution in [2.45, 2.75) is 6.42 Å². The number of thiazole rings is 1. The van der Waals surface area contributed by atoms with Crippen molar-refractivity contribution in [2.75, 3.05) is 18.5 Å². The molecule has 0 unspecified atom stereocenters. The summed E-state index contributed by atoms with van der Waals surface area (Å²) in [6.45, 7) is 0.915. The zero-order valence-corrected chi connectivity index (χ0v) is 11.1. The Balaban J connectivity index is 1.81. The number of aliphatic hydroxyl groups excluding tert-OH is 1. The van der Waals surface area contributed by atoms with E-state index in [1.165, 1.54) is 0 Å². The summed E-state index contributed by atoms with van der Waals surface area (Å²) >= 11 is 1.54. The molecule has 2 N–H and O–H groups in total. The van der Waals surface area contributed by atoms with Crippen LogP contribution in [0.2, 0.25) is 0 Å². The van der Waals surface area contributed by atoms with Gasteiger partial charge in [-0.1, -0.05) is 18.2 Å². The lowest BCUT2D eigenvalue weighted by molar-refractivity contribution is 0.292. The van der Waals surface area contributed by atoms with E-state index in [4.69, 9.17) is 9.52 Å². The average molecular weight is 274 g/mol. The fourth-order valence-corrected chi connectivity index (χ4v) is 2.58. The van der Waals surface area contributed by atoms with Crippen molar-refractivity contribution < 1.29 is 9.52 Å². The molecule has 2 aromatic heterocycles. The van der Waals surface area contributed by atoms with Gasteiger partial charge in [-0.25, -0.2) is 4.98 Å². The van der Waals surface area contributed by atoms with E-state index < -0.39 is 0 Å². The molecule has 3 rings (SSSR count). The van der Waals surface area contributed by atoms with Crippen molar-refractivity contribution in [2.24, 2.45) is 0 Å². The lowest BCUT2D eigenvalue weighted by atomic mass is 10.2. The molecule has 2 heterocycles. The maximum absolute atomic E-state index is 8.74. The molecule has 0 saturated carbocycles. The molecule has 0 spiro atoms. The smallest absolute Gasteiger partial charge is 0.183 e. The highest BCUT2D eigenvalue weighted by molar-refractivity contribution is 7.14. The molecule has 0 fully saturated rings. The van der Waals surface area contributed by atoms with Crippen molar-refractivity contribution in [1.82, 2.24) is 4.98 Å². The van der Waals surface area contributed by atoms with Gasteiger partial charge in [-0.2, -0.15) is 0 Å². The van der Waals surface area contributed by atoms with Gasteiger partial charge in [-0.05, 0) is 18.6 Å². The highest BCUT2D eigenvalue weighted by Crippen LogP contribution is 2.29. The number of hydrogen-bond acceptors (Lipinski definition) is 5. The molecule has 0 radical (unpaired) electrons. The van der Waals surface area contributed by atoms with Crippen LogP contribution in [-0.4, -0.2) is 23.2 Å². The Hall–Kier alpha value is -1.85. The molecule has 1 aromatic carbocycles. The molecule has 0 aliphatic heterocycles. The number of rotatable bonds is 5. The predicted molar refractivity (Wildman–Crippen MR) is 77.5 cm³/mol. The van der Waals surface area contributed by atoms with E-state index in [1.54, 1.807) is 11.3 Å². The largest absolute Gasteiger partial charge is 0.454 e. The lowest BCUT2D eigenvalue weighted by Gasteiger charge is -1.98. The summed E-state index contributed by atoms with van der Waals surface area (Å²) in [5.41, 5.74) is 1.72. The number of benzene rings is 1. The number of fused-ring (bicyclic) bond motifs is 1. The summed E-state index contributed by atoms with van der Waals surface area (Å²) < 4.78 is 5.77. The number of hydrogen-bond donors (Lipinski definition) is 2. The van der Waals surface area contributed by atoms with E-state index in [0.29, 0.717) is 0 Å². The summed E-state index contributed by atoms with van der Waals surface area (Å²) in [6, 6.07) is 9.92. The summed E-state index contributed by atoms with van der Waals surface area (Å²) in [7, 11) is 0. The first kappa shape index (κ1) is 12.2. The fraction of sp³-hybridized carbons (Fsp3) is 0.214. The summed E-state index contributed by atoms with van der Waals surface area (Å²) in [5, 5.41) is 15.8. The second-order valence-corrected chi connectivity index (χ2v) is 5.05. The standard InChI is InChI=1S/C14H14N2O2S/c17-7-3-6-15-14-16-11(9-19-14)13-8-10-4-1-2-5-12(10)18-13/h1-2,4-5,8-9,17H,3,6-7H2,(H,15,16). The minimum Gasteiger partial charge on any atom is -0.454 e. The number of anilines is 1. The fourth-order valence-electron chi connectivity index (χ4n) is 1.85. The van der Waals surface area contributed by atoms with Gasteiger partial charge in [0, 0.05) is 23.9 Å². The molecule has 0 saturated heterocycles. The number of aliphatic hydroxyl groups is 1. The van der Waals surface area contributed by atoms with Crippen LogP contribution in [0.5, 0.6) is 0 Å². The Labute approximate surface area is 114 Å². The van der Waals surface area contributed by atoms with E-state index >= 15 is 0 Å². The van der Waals surface area contributed by atoms with E-state index in [-0.39, 0.29) is 6.61 Å². The van der Waals surface area contributed by atoms with E-state index in [2.05, 4.69) is 10.3 Å². The molecule has 0 amide bonds. The zero-order chi connectivity index (χ0) is 13.1. The third-order valence-electron chi connectivity index (χ3n) is 2.79. The van der Waals surface area contributed by atoms with Crippen molar-refractivity contribution >= 4 is 27.4 Å². The second kappa shape index (κ2) is 5.42. The van der Waals surface area contributed by atoms with Gasteiger partial charge in [-0.3, -0.25) is 0 Å². The quantitative estimate of drug-likeness (QED) is 0.700. The number of aromatic nitrogens is 1. The van der Waals surface area contributed by atoms with Gasteiger partial charge in [0.05, 0.1) is 0 Å². The minimum atomic E-state index is 0.189. The third kappa shape index (κ3) is 2.62. The van der Waals surface area contributed by atoms with Crippen LogP contribution < -0.4 is 5.32 Å². The van der Waals surface area contributed by atoms with Gasteiger partial charge in [-0.15, -0.1) is 11.3 Å². The topological polar surface area (TPSA) is 58.3 Å². The summed E-state index contributed by atoms with van der Waals surface area (Å²) in [5.74, 6) is 0.785. The van der Waals surface area contributed by atoms with Crippen LogP contribution in [0.15, 0.2) is 40.1 Å². The highest BCUT2D eigenvalue weighted by atomic mass is 32.1. The molecule has 0 aliphatic rings. The first-order chi connectivity index (χ1) is 9.36. The van der Waals surface area contributed by atoms with E-state index in [1.807, 2.05) is 35.7 Å². The van der Waals surface area contributed by atoms with Crippen LogP contribution >= 0.6 is 11.3 Å². The first-order valence-corrected chi connectivity index (χ1v) is 7.04. The Morgan fingerprint density at radius 2 is 2.21 bits per heavy atom. The van der Waals surface area contributed by atoms with Crippen molar-refractivity contribution in [3.63, 3.8) is 0 Å². The lowest BCUT2D eigenvalue weighted by Crippen LogP contribution is -2.02. The number of nitrogens with one attached hydrogen (secondary N) is 1. The molecule has 4 nitrogen and oxygen atoms in total. The number of furan rings is 1. The van der Waals surface area contributed by atoms with Crippen LogP contribution in [0.1, 0.15) is 6.42 Å². The molecule has 5 heteroatoms. The number of nitrogens with zero attached hydrogens (tertiary/aromatic N) is 1. The SMILES string of the molecule is OCCCNc1nc(-c2cc3ccccc3o2)cs1. The van der Waals surface area contributed by atoms with E-state index in [9.17, 15) is 0 Å². The normalized spacial score (nSPS) is 11.0. The Morgan fingerprint density at radius 1 is 1.32 bits per heavy atom. The molecular weight excluding hydrogens is 260 g/mol. The molecular formula is C14H14N2O2S. The maximum atomic E-state index is 8.74. The Kier molecular flexibility index (Phi) is 3.48. The van der Waals surface area contributed by atoms with Crippen LogP contribution in [0.4, 0.5) is 5.13 Å². The Bertz CT molecular complexity index is 642. The second-order valence-electron chi connectivity index (χ2n) is 4.19. The predicted octanol–water partition coefficient (Wildman–Crippen LogP) is 3.35. The average Bonchev–Trinajstić information content (AvgIpc) is 3.04. The summed E-state index contributed by atoms with van der Waals surface area (Å²) in [4.78, 5) is 4.48. The van der Waals surface area contributed by atoms with Gasteiger partial charge in [0.1, 0.15) is 11.3 Å². The molecule has 19 heavy (non-hydrogen) atoms. The van der Waals surface area contributed by atoms with Gasteiger partial charge >= 0.3 is 0 Å². The molecule has 0 atom stereocenters. The van der Waals surface area contributed by atoms with Crippen molar-refractivity contribution in [1.29, 1.82) is 0 Å². The van der Waals surface area contributed by atoms with Crippen LogP contribution in [0, 0.1) is 0 Å². The van der Waals surface area contributed by atoms with Gasteiger partial charge < -0.3 is 14.8 Å². The molecule has 0 bridgehead atoms. The van der Waals surface area contributed by atoms with Gasteiger partial charge in [0.15, 0.2) is 10.9 Å². The summed E-state index contributed by atoms with van der Waals surface area (Å²) in [6.07, 6.45) is 0.722. The van der Waals surface area contributed by atoms with Crippen LogP contribution in [-0.2, 0) is 0 Å². The molecule has 98 valence electrons. The zero-order valence-electron chi connectivity index (χ0n) is 10.3. The van der Waals surface area contributed by atoms with Gasteiger partial charge in [0.2, 0.25) is 0 Å². The van der Waals surface area contributed by atoms with Crippen molar-refractivity contribution in [3.05, 3.63) is 35.7 Å². The van der Waals surface area contributed by atoms with E-state index in [0.717, 1.165) is 40.5 Å². The molecule has 3 aromatic rings. The highest BCUT2D eigenvalue weighted by Gasteiger charge is 2.09. The van der Waals surface area contributed by atoms with Crippen LogP contribution in [0.3, 0.4) is 0 Å². The molecule has 0 aliphatic carbocycles. The third-order valence-corrected chi connectivity index (χ3v) is 3.59. The maximum Gasteiger partial charge on any atom is 0.183 e. The van der Waals surface area contributed by atoms with Crippen molar-refractivity contribution in [3.8, 4) is 11.5 Å². The monoisotopic (exact) mass is 274 g/mol. The van der Waals surface area contributed by atoms with Gasteiger partial charge in [0.25, 0.3) is 0 Å². The minimum absolute atomic E-state index is 0.189. The first-order valence-electron chi connectivity index (χ1n) is 6.16.